The summed E-state index contributed by atoms with van der Waals surface area (Å²) in [5.41, 5.74) is 6.56. The quantitative estimate of drug-likeness (QED) is 0.658. The van der Waals surface area contributed by atoms with E-state index in [0.29, 0.717) is 0 Å². The second kappa shape index (κ2) is 5.19. The van der Waals surface area contributed by atoms with Crippen molar-refractivity contribution in [3.05, 3.63) is 56.2 Å². The molecule has 1 aromatic carbocycles. The molecule has 1 heterocycles. The minimum Gasteiger partial charge on any atom is -0.271 e. The van der Waals surface area contributed by atoms with E-state index in [0.717, 1.165) is 14.8 Å². The van der Waals surface area contributed by atoms with Gasteiger partial charge in [-0.15, -0.1) is 11.3 Å². The summed E-state index contributed by atoms with van der Waals surface area (Å²) in [5.74, 6) is 5.65. The maximum atomic E-state index is 5.96. The minimum atomic E-state index is 0.00630. The van der Waals surface area contributed by atoms with E-state index >= 15 is 0 Å². The SMILES string of the molecule is Cc1ccc(C(NN)c2ccc(Cl)s2)cc1C. The summed E-state index contributed by atoms with van der Waals surface area (Å²) >= 11 is 7.50. The molecule has 3 N–H and O–H groups in total. The Morgan fingerprint density at radius 2 is 1.94 bits per heavy atom. The summed E-state index contributed by atoms with van der Waals surface area (Å²) in [6.45, 7) is 4.21. The first-order valence-corrected chi connectivity index (χ1v) is 6.60. The number of hydrazine groups is 1. The lowest BCUT2D eigenvalue weighted by Gasteiger charge is -2.16. The van der Waals surface area contributed by atoms with Crippen molar-refractivity contribution in [1.29, 1.82) is 0 Å². The summed E-state index contributed by atoms with van der Waals surface area (Å²) in [6.07, 6.45) is 0. The maximum Gasteiger partial charge on any atom is 0.0931 e. The van der Waals surface area contributed by atoms with E-state index in [1.165, 1.54) is 11.1 Å². The Morgan fingerprint density at radius 3 is 2.47 bits per heavy atom. The molecule has 17 heavy (non-hydrogen) atoms. The first-order valence-electron chi connectivity index (χ1n) is 5.40. The van der Waals surface area contributed by atoms with Crippen LogP contribution in [0.4, 0.5) is 0 Å². The van der Waals surface area contributed by atoms with Gasteiger partial charge in [-0.3, -0.25) is 5.84 Å². The number of hydrogen-bond donors (Lipinski definition) is 2. The Bertz CT molecular complexity index is 522. The van der Waals surface area contributed by atoms with Gasteiger partial charge >= 0.3 is 0 Å². The molecule has 2 nitrogen and oxygen atoms in total. The third-order valence-corrected chi connectivity index (χ3v) is 4.21. The Hall–Kier alpha value is -0.870. The highest BCUT2D eigenvalue weighted by molar-refractivity contribution is 7.16. The normalized spacial score (nSPS) is 12.7. The van der Waals surface area contributed by atoms with Crippen LogP contribution in [0.25, 0.3) is 0 Å². The molecule has 0 aliphatic rings. The molecule has 0 saturated heterocycles. The molecular weight excluding hydrogens is 252 g/mol. The van der Waals surface area contributed by atoms with Crippen LogP contribution in [0.2, 0.25) is 4.34 Å². The first-order chi connectivity index (χ1) is 8.11. The standard InChI is InChI=1S/C13H15ClN2S/c1-8-3-4-10(7-9(8)2)13(16-15)11-5-6-12(14)17-11/h3-7,13,16H,15H2,1-2H3. The fourth-order valence-corrected chi connectivity index (χ4v) is 2.92. The smallest absolute Gasteiger partial charge is 0.0931 e. The zero-order valence-electron chi connectivity index (χ0n) is 9.83. The van der Waals surface area contributed by atoms with Gasteiger partial charge in [-0.25, -0.2) is 5.43 Å². The van der Waals surface area contributed by atoms with Gasteiger partial charge in [-0.2, -0.15) is 0 Å². The van der Waals surface area contributed by atoms with Crippen LogP contribution in [0, 0.1) is 13.8 Å². The third-order valence-electron chi connectivity index (χ3n) is 2.91. The van der Waals surface area contributed by atoms with E-state index < -0.39 is 0 Å². The van der Waals surface area contributed by atoms with E-state index in [4.69, 9.17) is 17.4 Å². The predicted octanol–water partition coefficient (Wildman–Crippen LogP) is 3.57. The fraction of sp³-hybridized carbons (Fsp3) is 0.231. The number of halogens is 1. The average Bonchev–Trinajstić information content (AvgIpc) is 2.71. The Balaban J connectivity index is 2.38. The van der Waals surface area contributed by atoms with Crippen molar-refractivity contribution in [2.75, 3.05) is 0 Å². The number of rotatable bonds is 3. The van der Waals surface area contributed by atoms with Gasteiger partial charge in [0, 0.05) is 4.88 Å². The van der Waals surface area contributed by atoms with Crippen molar-refractivity contribution < 1.29 is 0 Å². The molecule has 1 unspecified atom stereocenters. The molecule has 0 fully saturated rings. The number of hydrogen-bond acceptors (Lipinski definition) is 3. The summed E-state index contributed by atoms with van der Waals surface area (Å²) < 4.78 is 0.782. The van der Waals surface area contributed by atoms with Crippen molar-refractivity contribution >= 4 is 22.9 Å². The van der Waals surface area contributed by atoms with Crippen LogP contribution < -0.4 is 11.3 Å². The second-order valence-electron chi connectivity index (χ2n) is 4.09. The molecule has 0 aliphatic carbocycles. The predicted molar refractivity (Wildman–Crippen MR) is 74.4 cm³/mol. The molecule has 4 heteroatoms. The van der Waals surface area contributed by atoms with E-state index in [-0.39, 0.29) is 6.04 Å². The van der Waals surface area contributed by atoms with Crippen LogP contribution in [0.3, 0.4) is 0 Å². The van der Waals surface area contributed by atoms with Gasteiger partial charge in [0.15, 0.2) is 0 Å². The molecule has 90 valence electrons. The van der Waals surface area contributed by atoms with Gasteiger partial charge in [0.05, 0.1) is 10.4 Å². The highest BCUT2D eigenvalue weighted by Gasteiger charge is 2.14. The summed E-state index contributed by atoms with van der Waals surface area (Å²) in [4.78, 5) is 1.13. The largest absolute Gasteiger partial charge is 0.271 e. The monoisotopic (exact) mass is 266 g/mol. The van der Waals surface area contributed by atoms with Gasteiger partial charge in [0.1, 0.15) is 0 Å². The Morgan fingerprint density at radius 1 is 1.18 bits per heavy atom. The molecule has 0 spiro atoms. The highest BCUT2D eigenvalue weighted by atomic mass is 35.5. The number of nitrogens with one attached hydrogen (secondary N) is 1. The number of benzene rings is 1. The lowest BCUT2D eigenvalue weighted by Crippen LogP contribution is -2.28. The van der Waals surface area contributed by atoms with E-state index in [1.54, 1.807) is 11.3 Å². The van der Waals surface area contributed by atoms with Crippen LogP contribution >= 0.6 is 22.9 Å². The molecule has 0 aliphatic heterocycles. The molecular formula is C13H15ClN2S. The van der Waals surface area contributed by atoms with Crippen LogP contribution in [0.15, 0.2) is 30.3 Å². The van der Waals surface area contributed by atoms with Crippen LogP contribution in [0.5, 0.6) is 0 Å². The Labute approximate surface area is 110 Å². The van der Waals surface area contributed by atoms with Gasteiger partial charge in [0.25, 0.3) is 0 Å². The van der Waals surface area contributed by atoms with E-state index in [2.05, 4.69) is 37.5 Å². The van der Waals surface area contributed by atoms with Crippen molar-refractivity contribution in [3.8, 4) is 0 Å². The van der Waals surface area contributed by atoms with Crippen LogP contribution in [-0.2, 0) is 0 Å². The summed E-state index contributed by atoms with van der Waals surface area (Å²) in [7, 11) is 0. The molecule has 1 aromatic heterocycles. The molecule has 0 radical (unpaired) electrons. The van der Waals surface area contributed by atoms with Gasteiger partial charge in [0.2, 0.25) is 0 Å². The fourth-order valence-electron chi connectivity index (χ4n) is 1.77. The number of nitrogens with two attached hydrogens (primary N) is 1. The van der Waals surface area contributed by atoms with Gasteiger partial charge in [-0.1, -0.05) is 29.8 Å². The average molecular weight is 267 g/mol. The van der Waals surface area contributed by atoms with Gasteiger partial charge < -0.3 is 0 Å². The highest BCUT2D eigenvalue weighted by Crippen LogP contribution is 2.31. The first kappa shape index (κ1) is 12.6. The molecule has 2 aromatic rings. The van der Waals surface area contributed by atoms with Gasteiger partial charge in [-0.05, 0) is 42.7 Å². The topological polar surface area (TPSA) is 38.0 Å². The van der Waals surface area contributed by atoms with Crippen molar-refractivity contribution in [2.45, 2.75) is 19.9 Å². The molecule has 0 amide bonds. The molecule has 1 atom stereocenters. The summed E-state index contributed by atoms with van der Waals surface area (Å²) in [5, 5.41) is 0. The van der Waals surface area contributed by atoms with Crippen molar-refractivity contribution in [3.63, 3.8) is 0 Å². The van der Waals surface area contributed by atoms with E-state index in [9.17, 15) is 0 Å². The Kier molecular flexibility index (Phi) is 3.84. The maximum absolute atomic E-state index is 5.96. The molecule has 0 saturated carbocycles. The summed E-state index contributed by atoms with van der Waals surface area (Å²) in [6, 6.07) is 10.3. The van der Waals surface area contributed by atoms with Crippen LogP contribution in [-0.4, -0.2) is 0 Å². The van der Waals surface area contributed by atoms with E-state index in [1.807, 2.05) is 12.1 Å². The molecule has 2 rings (SSSR count). The van der Waals surface area contributed by atoms with Crippen LogP contribution in [0.1, 0.15) is 27.6 Å². The van der Waals surface area contributed by atoms with Crippen molar-refractivity contribution in [1.82, 2.24) is 5.43 Å². The zero-order valence-corrected chi connectivity index (χ0v) is 11.4. The lowest BCUT2D eigenvalue weighted by molar-refractivity contribution is 0.646. The van der Waals surface area contributed by atoms with Crippen molar-refractivity contribution in [2.24, 2.45) is 5.84 Å². The second-order valence-corrected chi connectivity index (χ2v) is 5.83. The number of thiophene rings is 1. The number of aryl methyl sites for hydroxylation is 2. The lowest BCUT2D eigenvalue weighted by atomic mass is 10.0. The molecule has 0 bridgehead atoms. The minimum absolute atomic E-state index is 0.00630. The zero-order chi connectivity index (χ0) is 12.4. The third kappa shape index (κ3) is 2.69.